The first-order valence-electron chi connectivity index (χ1n) is 5.88. The van der Waals surface area contributed by atoms with E-state index in [1.54, 1.807) is 32.4 Å². The third-order valence-corrected chi connectivity index (χ3v) is 3.00. The molecule has 1 aromatic rings. The number of amides is 2. The molecule has 2 amide bonds. The molecule has 6 heteroatoms. The number of ether oxygens (including phenoxy) is 2. The first-order chi connectivity index (χ1) is 9.06. The van der Waals surface area contributed by atoms with E-state index in [0.29, 0.717) is 11.1 Å². The van der Waals surface area contributed by atoms with Crippen molar-refractivity contribution in [1.29, 1.82) is 0 Å². The second kappa shape index (κ2) is 5.38. The molecule has 0 aromatic heterocycles. The molecule has 2 rings (SSSR count). The van der Waals surface area contributed by atoms with Gasteiger partial charge in [0, 0.05) is 19.9 Å². The summed E-state index contributed by atoms with van der Waals surface area (Å²) in [5.74, 6) is -0.724. The average Bonchev–Trinajstić information content (AvgIpc) is 2.66. The standard InChI is InChI=1S/C13H16N2O4/c1-7(13(18-2)19-3)14-8-4-5-9-10(6-8)12(17)15-11(9)16/h4-7,13-14H,1-3H3,(H,15,16,17). The van der Waals surface area contributed by atoms with Crippen molar-refractivity contribution in [2.45, 2.75) is 19.3 Å². The number of fused-ring (bicyclic) bond motifs is 1. The van der Waals surface area contributed by atoms with Crippen LogP contribution in [-0.2, 0) is 9.47 Å². The molecular formula is C13H16N2O4. The lowest BCUT2D eigenvalue weighted by Gasteiger charge is -2.23. The Morgan fingerprint density at radius 3 is 2.37 bits per heavy atom. The number of imide groups is 1. The van der Waals surface area contributed by atoms with Crippen LogP contribution in [-0.4, -0.2) is 38.4 Å². The van der Waals surface area contributed by atoms with Crippen molar-refractivity contribution < 1.29 is 19.1 Å². The second-order valence-electron chi connectivity index (χ2n) is 4.32. The fraction of sp³-hybridized carbons (Fsp3) is 0.385. The van der Waals surface area contributed by atoms with Gasteiger partial charge in [-0.25, -0.2) is 0 Å². The van der Waals surface area contributed by atoms with Gasteiger partial charge in [-0.05, 0) is 25.1 Å². The first-order valence-corrected chi connectivity index (χ1v) is 5.88. The highest BCUT2D eigenvalue weighted by Gasteiger charge is 2.27. The van der Waals surface area contributed by atoms with Crippen LogP contribution >= 0.6 is 0 Å². The summed E-state index contributed by atoms with van der Waals surface area (Å²) in [5.41, 5.74) is 1.52. The molecule has 1 aliphatic rings. The van der Waals surface area contributed by atoms with Gasteiger partial charge in [0.05, 0.1) is 17.2 Å². The predicted octanol–water partition coefficient (Wildman–Crippen LogP) is 0.989. The van der Waals surface area contributed by atoms with Crippen LogP contribution < -0.4 is 10.6 Å². The Labute approximate surface area is 111 Å². The van der Waals surface area contributed by atoms with E-state index in [0.717, 1.165) is 5.69 Å². The molecule has 0 saturated heterocycles. The van der Waals surface area contributed by atoms with Gasteiger partial charge in [-0.15, -0.1) is 0 Å². The zero-order valence-electron chi connectivity index (χ0n) is 11.0. The van der Waals surface area contributed by atoms with Crippen LogP contribution in [0.2, 0.25) is 0 Å². The van der Waals surface area contributed by atoms with Gasteiger partial charge >= 0.3 is 0 Å². The molecule has 0 radical (unpaired) electrons. The van der Waals surface area contributed by atoms with Crippen LogP contribution in [0, 0.1) is 0 Å². The molecule has 1 heterocycles. The summed E-state index contributed by atoms with van der Waals surface area (Å²) in [6.45, 7) is 1.90. The van der Waals surface area contributed by atoms with Crippen molar-refractivity contribution in [2.75, 3.05) is 19.5 Å². The minimum Gasteiger partial charge on any atom is -0.377 e. The number of benzene rings is 1. The first kappa shape index (κ1) is 13.5. The summed E-state index contributed by atoms with van der Waals surface area (Å²) in [5, 5.41) is 5.42. The number of nitrogens with one attached hydrogen (secondary N) is 2. The van der Waals surface area contributed by atoms with Crippen LogP contribution in [0.25, 0.3) is 0 Å². The molecule has 1 unspecified atom stereocenters. The number of methoxy groups -OCH3 is 2. The van der Waals surface area contributed by atoms with Crippen LogP contribution in [0.4, 0.5) is 5.69 Å². The molecule has 19 heavy (non-hydrogen) atoms. The molecule has 1 aromatic carbocycles. The van der Waals surface area contributed by atoms with Crippen LogP contribution in [0.3, 0.4) is 0 Å². The number of hydrogen-bond acceptors (Lipinski definition) is 5. The minimum atomic E-state index is -0.399. The largest absolute Gasteiger partial charge is 0.377 e. The molecule has 6 nitrogen and oxygen atoms in total. The number of rotatable bonds is 5. The van der Waals surface area contributed by atoms with Gasteiger partial charge in [-0.1, -0.05) is 0 Å². The molecule has 0 aliphatic carbocycles. The summed E-state index contributed by atoms with van der Waals surface area (Å²) in [6, 6.07) is 4.91. The summed E-state index contributed by atoms with van der Waals surface area (Å²) in [6.07, 6.45) is -0.399. The predicted molar refractivity (Wildman–Crippen MR) is 69.1 cm³/mol. The maximum absolute atomic E-state index is 11.6. The molecule has 0 saturated carbocycles. The number of carbonyl (C=O) groups is 2. The Hall–Kier alpha value is -1.92. The highest BCUT2D eigenvalue weighted by molar-refractivity contribution is 6.21. The normalized spacial score (nSPS) is 15.4. The minimum absolute atomic E-state index is 0.104. The summed E-state index contributed by atoms with van der Waals surface area (Å²) < 4.78 is 10.3. The lowest BCUT2D eigenvalue weighted by Crippen LogP contribution is -2.33. The smallest absolute Gasteiger partial charge is 0.259 e. The highest BCUT2D eigenvalue weighted by atomic mass is 16.7. The molecular weight excluding hydrogens is 248 g/mol. The molecule has 0 bridgehead atoms. The summed E-state index contributed by atoms with van der Waals surface area (Å²) in [7, 11) is 3.11. The van der Waals surface area contributed by atoms with E-state index in [1.165, 1.54) is 0 Å². The monoisotopic (exact) mass is 264 g/mol. The van der Waals surface area contributed by atoms with Gasteiger partial charge in [0.2, 0.25) is 0 Å². The fourth-order valence-electron chi connectivity index (χ4n) is 2.09. The van der Waals surface area contributed by atoms with Crippen LogP contribution in [0.1, 0.15) is 27.6 Å². The van der Waals surface area contributed by atoms with E-state index in [2.05, 4.69) is 10.6 Å². The lowest BCUT2D eigenvalue weighted by atomic mass is 10.1. The van der Waals surface area contributed by atoms with E-state index in [4.69, 9.17) is 9.47 Å². The van der Waals surface area contributed by atoms with Gasteiger partial charge in [0.1, 0.15) is 0 Å². The Balaban J connectivity index is 2.17. The highest BCUT2D eigenvalue weighted by Crippen LogP contribution is 2.21. The molecule has 0 spiro atoms. The van der Waals surface area contributed by atoms with Crippen molar-refractivity contribution in [3.05, 3.63) is 29.3 Å². The van der Waals surface area contributed by atoms with Crippen molar-refractivity contribution in [1.82, 2.24) is 5.32 Å². The Bertz CT molecular complexity index is 511. The summed E-state index contributed by atoms with van der Waals surface area (Å²) in [4.78, 5) is 23.0. The van der Waals surface area contributed by atoms with Crippen molar-refractivity contribution in [2.24, 2.45) is 0 Å². The van der Waals surface area contributed by atoms with E-state index >= 15 is 0 Å². The Morgan fingerprint density at radius 2 is 1.74 bits per heavy atom. The number of anilines is 1. The maximum Gasteiger partial charge on any atom is 0.259 e. The third-order valence-electron chi connectivity index (χ3n) is 3.00. The third kappa shape index (κ3) is 2.59. The number of hydrogen-bond donors (Lipinski definition) is 2. The van der Waals surface area contributed by atoms with Crippen molar-refractivity contribution in [3.63, 3.8) is 0 Å². The Kier molecular flexibility index (Phi) is 3.82. The van der Waals surface area contributed by atoms with E-state index in [-0.39, 0.29) is 17.9 Å². The SMILES string of the molecule is COC(OC)C(C)Nc1ccc2c(c1)C(=O)NC2=O. The second-order valence-corrected chi connectivity index (χ2v) is 4.32. The molecule has 1 atom stereocenters. The van der Waals surface area contributed by atoms with Crippen LogP contribution in [0.15, 0.2) is 18.2 Å². The topological polar surface area (TPSA) is 76.7 Å². The van der Waals surface area contributed by atoms with E-state index in [1.807, 2.05) is 6.92 Å². The molecule has 2 N–H and O–H groups in total. The van der Waals surface area contributed by atoms with Crippen LogP contribution in [0.5, 0.6) is 0 Å². The molecule has 0 fully saturated rings. The zero-order valence-corrected chi connectivity index (χ0v) is 11.0. The fourth-order valence-corrected chi connectivity index (χ4v) is 2.09. The number of carbonyl (C=O) groups excluding carboxylic acids is 2. The molecule has 1 aliphatic heterocycles. The summed E-state index contributed by atoms with van der Waals surface area (Å²) >= 11 is 0. The van der Waals surface area contributed by atoms with Gasteiger partial charge < -0.3 is 14.8 Å². The quantitative estimate of drug-likeness (QED) is 0.612. The van der Waals surface area contributed by atoms with E-state index < -0.39 is 6.29 Å². The maximum atomic E-state index is 11.6. The lowest BCUT2D eigenvalue weighted by molar-refractivity contribution is -0.109. The average molecular weight is 264 g/mol. The van der Waals surface area contributed by atoms with Gasteiger partial charge in [-0.3, -0.25) is 14.9 Å². The van der Waals surface area contributed by atoms with Crippen molar-refractivity contribution >= 4 is 17.5 Å². The molecule has 102 valence electrons. The van der Waals surface area contributed by atoms with Gasteiger partial charge in [-0.2, -0.15) is 0 Å². The van der Waals surface area contributed by atoms with Gasteiger partial charge in [0.25, 0.3) is 11.8 Å². The van der Waals surface area contributed by atoms with Crippen molar-refractivity contribution in [3.8, 4) is 0 Å². The van der Waals surface area contributed by atoms with Gasteiger partial charge in [0.15, 0.2) is 6.29 Å². The van der Waals surface area contributed by atoms with E-state index in [9.17, 15) is 9.59 Å². The zero-order chi connectivity index (χ0) is 14.0. The Morgan fingerprint density at radius 1 is 1.11 bits per heavy atom.